The molecular formula is C9H11BrN2O2S. The SMILES string of the molecule is NS(=O)(=O)C1Cc2ccccc2C(Br)N1. The van der Waals surface area contributed by atoms with Gasteiger partial charge in [-0.3, -0.25) is 5.32 Å². The van der Waals surface area contributed by atoms with E-state index >= 15 is 0 Å². The number of alkyl halides is 1. The second-order valence-corrected chi connectivity index (χ2v) is 6.17. The van der Waals surface area contributed by atoms with E-state index in [1.54, 1.807) is 0 Å². The lowest BCUT2D eigenvalue weighted by Crippen LogP contribution is -2.45. The fourth-order valence-corrected chi connectivity index (χ4v) is 3.37. The monoisotopic (exact) mass is 290 g/mol. The van der Waals surface area contributed by atoms with Crippen LogP contribution in [-0.2, 0) is 16.4 Å². The van der Waals surface area contributed by atoms with Crippen LogP contribution >= 0.6 is 15.9 Å². The van der Waals surface area contributed by atoms with Crippen LogP contribution < -0.4 is 10.5 Å². The Morgan fingerprint density at radius 2 is 2.07 bits per heavy atom. The van der Waals surface area contributed by atoms with Gasteiger partial charge in [0, 0.05) is 6.42 Å². The third-order valence-corrected chi connectivity index (χ3v) is 4.32. The van der Waals surface area contributed by atoms with Gasteiger partial charge in [-0.1, -0.05) is 40.2 Å². The van der Waals surface area contributed by atoms with E-state index in [9.17, 15) is 8.42 Å². The zero-order valence-electron chi connectivity index (χ0n) is 7.85. The summed E-state index contributed by atoms with van der Waals surface area (Å²) >= 11 is 3.39. The van der Waals surface area contributed by atoms with E-state index in [-0.39, 0.29) is 4.95 Å². The Kier molecular flexibility index (Phi) is 2.85. The first-order valence-corrected chi connectivity index (χ1v) is 7.00. The molecule has 2 rings (SSSR count). The highest BCUT2D eigenvalue weighted by Gasteiger charge is 2.30. The molecule has 15 heavy (non-hydrogen) atoms. The van der Waals surface area contributed by atoms with Gasteiger partial charge in [0.05, 0.1) is 4.95 Å². The van der Waals surface area contributed by atoms with Crippen molar-refractivity contribution in [3.63, 3.8) is 0 Å². The summed E-state index contributed by atoms with van der Waals surface area (Å²) in [6, 6.07) is 7.69. The van der Waals surface area contributed by atoms with Crippen LogP contribution in [0, 0.1) is 0 Å². The van der Waals surface area contributed by atoms with Crippen molar-refractivity contribution in [2.45, 2.75) is 16.7 Å². The van der Waals surface area contributed by atoms with Crippen LogP contribution in [0.5, 0.6) is 0 Å². The van der Waals surface area contributed by atoms with Crippen LogP contribution in [0.25, 0.3) is 0 Å². The lowest BCUT2D eigenvalue weighted by molar-refractivity contribution is 0.528. The largest absolute Gasteiger partial charge is 0.284 e. The number of benzene rings is 1. The highest BCUT2D eigenvalue weighted by Crippen LogP contribution is 2.30. The molecule has 6 heteroatoms. The Labute approximate surface area is 97.0 Å². The van der Waals surface area contributed by atoms with E-state index in [1.165, 1.54) is 0 Å². The molecule has 0 amide bonds. The molecule has 1 heterocycles. The van der Waals surface area contributed by atoms with Crippen LogP contribution in [0.3, 0.4) is 0 Å². The molecular weight excluding hydrogens is 280 g/mol. The summed E-state index contributed by atoms with van der Waals surface area (Å²) in [6.45, 7) is 0. The van der Waals surface area contributed by atoms with Gasteiger partial charge in [0.25, 0.3) is 0 Å². The van der Waals surface area contributed by atoms with Crippen molar-refractivity contribution in [3.05, 3.63) is 35.4 Å². The number of nitrogens with one attached hydrogen (secondary N) is 1. The summed E-state index contributed by atoms with van der Waals surface area (Å²) in [7, 11) is -3.54. The van der Waals surface area contributed by atoms with Crippen LogP contribution in [0.15, 0.2) is 24.3 Å². The Balaban J connectivity index is 2.39. The molecule has 0 radical (unpaired) electrons. The minimum atomic E-state index is -3.54. The predicted molar refractivity (Wildman–Crippen MR) is 61.8 cm³/mol. The molecule has 1 aliphatic rings. The zero-order chi connectivity index (χ0) is 11.1. The number of fused-ring (bicyclic) bond motifs is 1. The zero-order valence-corrected chi connectivity index (χ0v) is 10.3. The van der Waals surface area contributed by atoms with Crippen LogP contribution in [0.1, 0.15) is 16.1 Å². The minimum absolute atomic E-state index is 0.161. The Hall–Kier alpha value is -0.430. The standard InChI is InChI=1S/C9H11BrN2O2S/c10-9-7-4-2-1-3-6(7)5-8(12-9)15(11,13)14/h1-4,8-9,12H,5H2,(H2,11,13,14). The van der Waals surface area contributed by atoms with Gasteiger partial charge in [0.15, 0.2) is 0 Å². The van der Waals surface area contributed by atoms with E-state index in [0.29, 0.717) is 6.42 Å². The lowest BCUT2D eigenvalue weighted by Gasteiger charge is -2.28. The van der Waals surface area contributed by atoms with Crippen molar-refractivity contribution in [1.29, 1.82) is 0 Å². The summed E-state index contributed by atoms with van der Waals surface area (Å²) in [5.41, 5.74) is 2.08. The van der Waals surface area contributed by atoms with Crippen LogP contribution in [0.4, 0.5) is 0 Å². The van der Waals surface area contributed by atoms with Crippen molar-refractivity contribution in [2.24, 2.45) is 5.14 Å². The minimum Gasteiger partial charge on any atom is -0.284 e. The molecule has 0 spiro atoms. The maximum Gasteiger partial charge on any atom is 0.225 e. The highest BCUT2D eigenvalue weighted by atomic mass is 79.9. The Morgan fingerprint density at radius 3 is 2.73 bits per heavy atom. The number of hydrogen-bond donors (Lipinski definition) is 2. The van der Waals surface area contributed by atoms with Crippen molar-refractivity contribution in [2.75, 3.05) is 0 Å². The fraction of sp³-hybridized carbons (Fsp3) is 0.333. The smallest absolute Gasteiger partial charge is 0.225 e. The first-order valence-electron chi connectivity index (χ1n) is 4.48. The third kappa shape index (κ3) is 2.23. The van der Waals surface area contributed by atoms with Crippen LogP contribution in [0.2, 0.25) is 0 Å². The van der Waals surface area contributed by atoms with Crippen LogP contribution in [-0.4, -0.2) is 13.8 Å². The quantitative estimate of drug-likeness (QED) is 0.595. The second-order valence-electron chi connectivity index (χ2n) is 3.51. The summed E-state index contributed by atoms with van der Waals surface area (Å²) < 4.78 is 22.5. The maximum absolute atomic E-state index is 11.2. The third-order valence-electron chi connectivity index (χ3n) is 2.46. The topological polar surface area (TPSA) is 72.2 Å². The summed E-state index contributed by atoms with van der Waals surface area (Å²) in [6.07, 6.45) is 0.414. The number of hydrogen-bond acceptors (Lipinski definition) is 3. The molecule has 2 unspecified atom stereocenters. The number of rotatable bonds is 1. The molecule has 1 aliphatic heterocycles. The second kappa shape index (κ2) is 3.86. The molecule has 0 bridgehead atoms. The number of nitrogens with two attached hydrogens (primary N) is 1. The number of sulfonamides is 1. The van der Waals surface area contributed by atoms with Gasteiger partial charge in [0.2, 0.25) is 10.0 Å². The van der Waals surface area contributed by atoms with Gasteiger partial charge >= 0.3 is 0 Å². The van der Waals surface area contributed by atoms with Gasteiger partial charge < -0.3 is 0 Å². The molecule has 0 saturated heterocycles. The first kappa shape index (κ1) is 11.1. The summed E-state index contributed by atoms with van der Waals surface area (Å²) in [5.74, 6) is 0. The molecule has 1 aromatic rings. The predicted octanol–water partition coefficient (Wildman–Crippen LogP) is 0.840. The van der Waals surface area contributed by atoms with Crippen molar-refractivity contribution >= 4 is 26.0 Å². The highest BCUT2D eigenvalue weighted by molar-refractivity contribution is 9.09. The van der Waals surface area contributed by atoms with Crippen molar-refractivity contribution in [1.82, 2.24) is 5.32 Å². The molecule has 0 aromatic heterocycles. The molecule has 82 valence electrons. The molecule has 0 saturated carbocycles. The van der Waals surface area contributed by atoms with Gasteiger partial charge in [0.1, 0.15) is 5.37 Å². The molecule has 0 aliphatic carbocycles. The van der Waals surface area contributed by atoms with Crippen molar-refractivity contribution < 1.29 is 8.42 Å². The molecule has 3 N–H and O–H groups in total. The van der Waals surface area contributed by atoms with E-state index < -0.39 is 15.4 Å². The maximum atomic E-state index is 11.2. The average molecular weight is 291 g/mol. The van der Waals surface area contributed by atoms with E-state index in [1.807, 2.05) is 24.3 Å². The summed E-state index contributed by atoms with van der Waals surface area (Å²) in [4.78, 5) is -0.161. The average Bonchev–Trinajstić information content (AvgIpc) is 2.16. The molecule has 0 fully saturated rings. The molecule has 2 atom stereocenters. The normalized spacial score (nSPS) is 26.0. The number of primary sulfonamides is 1. The van der Waals surface area contributed by atoms with Gasteiger partial charge in [-0.25, -0.2) is 13.6 Å². The van der Waals surface area contributed by atoms with E-state index in [2.05, 4.69) is 21.2 Å². The van der Waals surface area contributed by atoms with E-state index in [4.69, 9.17) is 5.14 Å². The Bertz CT molecular complexity index is 475. The first-order chi connectivity index (χ1) is 6.98. The Morgan fingerprint density at radius 1 is 1.40 bits per heavy atom. The van der Waals surface area contributed by atoms with Gasteiger partial charge in [-0.05, 0) is 11.1 Å². The van der Waals surface area contributed by atoms with Gasteiger partial charge in [-0.15, -0.1) is 0 Å². The summed E-state index contributed by atoms with van der Waals surface area (Å²) in [5, 5.41) is 7.32. The van der Waals surface area contributed by atoms with E-state index in [0.717, 1.165) is 11.1 Å². The fourth-order valence-electron chi connectivity index (χ4n) is 1.69. The molecule has 4 nitrogen and oxygen atoms in total. The lowest BCUT2D eigenvalue weighted by atomic mass is 10.0. The molecule has 1 aromatic carbocycles. The van der Waals surface area contributed by atoms with Gasteiger partial charge in [-0.2, -0.15) is 0 Å². The van der Waals surface area contributed by atoms with Crippen molar-refractivity contribution in [3.8, 4) is 0 Å². The number of halogens is 1.